The van der Waals surface area contributed by atoms with E-state index < -0.39 is 12.3 Å². The van der Waals surface area contributed by atoms with Gasteiger partial charge in [-0.2, -0.15) is 5.06 Å². The van der Waals surface area contributed by atoms with E-state index >= 15 is 0 Å². The number of hydroxylamine groups is 1. The minimum atomic E-state index is -0.530. The summed E-state index contributed by atoms with van der Waals surface area (Å²) in [6.45, 7) is 0. The maximum absolute atomic E-state index is 12.8. The van der Waals surface area contributed by atoms with E-state index in [-0.39, 0.29) is 0 Å². The quantitative estimate of drug-likeness (QED) is 0.518. The molecular weight excluding hydrogens is 399 g/mol. The van der Waals surface area contributed by atoms with Crippen molar-refractivity contribution in [3.63, 3.8) is 0 Å². The first kappa shape index (κ1) is 18.5. The molecule has 1 atom stereocenters. The lowest BCUT2D eigenvalue weighted by atomic mass is 10.1. The zero-order chi connectivity index (χ0) is 19.7. The normalized spacial score (nSPS) is 16.2. The Morgan fingerprint density at radius 1 is 0.893 bits per heavy atom. The van der Waals surface area contributed by atoms with Crippen LogP contribution >= 0.6 is 23.2 Å². The van der Waals surface area contributed by atoms with E-state index in [1.165, 1.54) is 4.90 Å². The van der Waals surface area contributed by atoms with E-state index in [1.807, 2.05) is 54.6 Å². The molecule has 5 nitrogen and oxygen atoms in total. The third-order valence-electron chi connectivity index (χ3n) is 4.45. The number of rotatable bonds is 4. The molecular formula is C21H16Cl2N2O3. The number of amides is 1. The van der Waals surface area contributed by atoms with Gasteiger partial charge in [0.15, 0.2) is 6.17 Å². The highest BCUT2D eigenvalue weighted by atomic mass is 35.5. The number of hydrogen-bond acceptors (Lipinski definition) is 4. The number of carbonyl (C=O) groups excluding carboxylic acids is 1. The van der Waals surface area contributed by atoms with Crippen molar-refractivity contribution in [2.24, 2.45) is 0 Å². The molecule has 3 aromatic rings. The van der Waals surface area contributed by atoms with Gasteiger partial charge in [-0.25, -0.2) is 9.69 Å². The van der Waals surface area contributed by atoms with Gasteiger partial charge in [-0.05, 0) is 48.0 Å². The summed E-state index contributed by atoms with van der Waals surface area (Å²) in [5, 5.41) is 2.35. The lowest BCUT2D eigenvalue weighted by Gasteiger charge is -2.27. The summed E-state index contributed by atoms with van der Waals surface area (Å²) in [5.41, 5.74) is 2.18. The van der Waals surface area contributed by atoms with Crippen molar-refractivity contribution in [3.05, 3.63) is 88.4 Å². The molecule has 0 aromatic heterocycles. The molecule has 7 heteroatoms. The molecule has 4 rings (SSSR count). The number of carbonyl (C=O) groups is 1. The first-order chi connectivity index (χ1) is 13.6. The fourth-order valence-corrected chi connectivity index (χ4v) is 3.39. The molecule has 1 fully saturated rings. The first-order valence-corrected chi connectivity index (χ1v) is 9.28. The Bertz CT molecular complexity index is 996. The Morgan fingerprint density at radius 3 is 2.25 bits per heavy atom. The van der Waals surface area contributed by atoms with Gasteiger partial charge in [0.1, 0.15) is 5.75 Å². The highest BCUT2D eigenvalue weighted by Crippen LogP contribution is 2.41. The maximum Gasteiger partial charge on any atom is 0.440 e. The molecule has 1 aliphatic heterocycles. The molecule has 1 aliphatic rings. The summed E-state index contributed by atoms with van der Waals surface area (Å²) in [6.07, 6.45) is -1.04. The molecule has 0 radical (unpaired) electrons. The number of anilines is 2. The third kappa shape index (κ3) is 3.35. The molecule has 0 spiro atoms. The average molecular weight is 415 g/mol. The largest absolute Gasteiger partial charge is 0.497 e. The van der Waals surface area contributed by atoms with Crippen molar-refractivity contribution in [3.8, 4) is 5.75 Å². The number of ether oxygens (including phenoxy) is 1. The Hall–Kier alpha value is -2.89. The minimum Gasteiger partial charge on any atom is -0.497 e. The predicted octanol–water partition coefficient (Wildman–Crippen LogP) is 6.08. The van der Waals surface area contributed by atoms with Crippen LogP contribution in [0.4, 0.5) is 16.2 Å². The van der Waals surface area contributed by atoms with Gasteiger partial charge < -0.3 is 9.57 Å². The Balaban J connectivity index is 1.82. The van der Waals surface area contributed by atoms with E-state index in [9.17, 15) is 4.79 Å². The summed E-state index contributed by atoms with van der Waals surface area (Å²) >= 11 is 12.2. The smallest absolute Gasteiger partial charge is 0.440 e. The fourth-order valence-electron chi connectivity index (χ4n) is 3.09. The summed E-state index contributed by atoms with van der Waals surface area (Å²) < 4.78 is 5.25. The van der Waals surface area contributed by atoms with E-state index in [1.54, 1.807) is 30.4 Å². The van der Waals surface area contributed by atoms with Crippen LogP contribution in [-0.4, -0.2) is 13.2 Å². The molecule has 28 heavy (non-hydrogen) atoms. The highest BCUT2D eigenvalue weighted by molar-refractivity contribution is 6.42. The van der Waals surface area contributed by atoms with Crippen LogP contribution in [0.3, 0.4) is 0 Å². The van der Waals surface area contributed by atoms with Crippen molar-refractivity contribution < 1.29 is 14.4 Å². The Kier molecular flexibility index (Phi) is 5.03. The summed E-state index contributed by atoms with van der Waals surface area (Å²) in [4.78, 5) is 20.0. The van der Waals surface area contributed by atoms with Gasteiger partial charge in [0, 0.05) is 0 Å². The summed E-state index contributed by atoms with van der Waals surface area (Å²) in [6, 6.07) is 21.9. The SMILES string of the molecule is COc1ccc([C@H]2N(c3ccccc3)OC(=O)N2c2ccc(Cl)c(Cl)c2)cc1. The van der Waals surface area contributed by atoms with Crippen molar-refractivity contribution in [2.45, 2.75) is 6.17 Å². The van der Waals surface area contributed by atoms with E-state index in [2.05, 4.69) is 0 Å². The van der Waals surface area contributed by atoms with E-state index in [0.717, 1.165) is 17.0 Å². The Labute approximate surface area is 172 Å². The molecule has 0 saturated carbocycles. The van der Waals surface area contributed by atoms with Crippen molar-refractivity contribution >= 4 is 40.7 Å². The number of halogens is 2. The minimum absolute atomic E-state index is 0.360. The lowest BCUT2D eigenvalue weighted by Crippen LogP contribution is -2.31. The van der Waals surface area contributed by atoms with Crippen molar-refractivity contribution in [1.29, 1.82) is 0 Å². The molecule has 0 bridgehead atoms. The van der Waals surface area contributed by atoms with Crippen LogP contribution in [0.15, 0.2) is 72.8 Å². The molecule has 0 aliphatic carbocycles. The summed E-state index contributed by atoms with van der Waals surface area (Å²) in [7, 11) is 1.61. The van der Waals surface area contributed by atoms with Gasteiger partial charge in [-0.15, -0.1) is 0 Å². The fraction of sp³-hybridized carbons (Fsp3) is 0.0952. The molecule has 3 aromatic carbocycles. The van der Waals surface area contributed by atoms with Gasteiger partial charge in [-0.3, -0.25) is 0 Å². The second kappa shape index (κ2) is 7.62. The van der Waals surface area contributed by atoms with Crippen LogP contribution in [-0.2, 0) is 4.84 Å². The van der Waals surface area contributed by atoms with Gasteiger partial charge in [0.25, 0.3) is 0 Å². The van der Waals surface area contributed by atoms with Gasteiger partial charge in [0.2, 0.25) is 0 Å². The molecule has 1 saturated heterocycles. The van der Waals surface area contributed by atoms with Gasteiger partial charge in [-0.1, -0.05) is 53.5 Å². The van der Waals surface area contributed by atoms with Crippen LogP contribution in [0.5, 0.6) is 5.75 Å². The van der Waals surface area contributed by atoms with Gasteiger partial charge in [0.05, 0.1) is 28.5 Å². The second-order valence-corrected chi connectivity index (χ2v) is 6.95. The van der Waals surface area contributed by atoms with Crippen molar-refractivity contribution in [1.82, 2.24) is 0 Å². The third-order valence-corrected chi connectivity index (χ3v) is 5.18. The number of para-hydroxylation sites is 1. The molecule has 1 amide bonds. The van der Waals surface area contributed by atoms with Crippen LogP contribution < -0.4 is 14.7 Å². The molecule has 1 heterocycles. The second-order valence-electron chi connectivity index (χ2n) is 6.13. The highest BCUT2D eigenvalue weighted by Gasteiger charge is 2.43. The zero-order valence-electron chi connectivity index (χ0n) is 14.9. The monoisotopic (exact) mass is 414 g/mol. The van der Waals surface area contributed by atoms with Crippen LogP contribution in [0, 0.1) is 0 Å². The van der Waals surface area contributed by atoms with Crippen LogP contribution in [0.25, 0.3) is 0 Å². The van der Waals surface area contributed by atoms with Crippen molar-refractivity contribution in [2.75, 3.05) is 17.1 Å². The van der Waals surface area contributed by atoms with Crippen LogP contribution in [0.2, 0.25) is 10.0 Å². The van der Waals surface area contributed by atoms with Gasteiger partial charge >= 0.3 is 6.09 Å². The van der Waals surface area contributed by atoms with E-state index in [0.29, 0.717) is 15.7 Å². The summed E-state index contributed by atoms with van der Waals surface area (Å²) in [5.74, 6) is 0.723. The topological polar surface area (TPSA) is 42.0 Å². The maximum atomic E-state index is 12.8. The number of hydrogen-bond donors (Lipinski definition) is 0. The average Bonchev–Trinajstić information content (AvgIpc) is 3.08. The Morgan fingerprint density at radius 2 is 1.61 bits per heavy atom. The predicted molar refractivity (Wildman–Crippen MR) is 110 cm³/mol. The molecule has 0 N–H and O–H groups in total. The van der Waals surface area contributed by atoms with E-state index in [4.69, 9.17) is 32.8 Å². The first-order valence-electron chi connectivity index (χ1n) is 8.53. The lowest BCUT2D eigenvalue weighted by molar-refractivity contribution is 0.164. The molecule has 0 unspecified atom stereocenters. The number of benzene rings is 3. The van der Waals surface area contributed by atoms with Crippen LogP contribution in [0.1, 0.15) is 11.7 Å². The standard InChI is InChI=1S/C21H16Cl2N2O3/c1-27-17-10-7-14(8-11-17)20-24(16-9-12-18(22)19(23)13-16)21(26)28-25(20)15-5-3-2-4-6-15/h2-13,20H,1H3/t20-/m1/s1. The zero-order valence-corrected chi connectivity index (χ0v) is 16.4. The number of nitrogens with zero attached hydrogens (tertiary/aromatic N) is 2. The molecule has 142 valence electrons. The number of methoxy groups -OCH3 is 1.